The van der Waals surface area contributed by atoms with E-state index in [1.165, 1.54) is 0 Å². The van der Waals surface area contributed by atoms with Crippen LogP contribution in [0.5, 0.6) is 0 Å². The molecule has 1 aromatic carbocycles. The molecule has 1 amide bonds. The van der Waals surface area contributed by atoms with Gasteiger partial charge in [0, 0.05) is 45.5 Å². The third kappa shape index (κ3) is 5.69. The standard InChI is InChI=1S/C19H26N6O.HI/c1-21-19(24-9-4-5-15(13-24)11-18(20)26)23-12-16-6-2-3-7-17(16)25-10-8-22-14-25;/h2-3,6-8,10,14-15H,4-5,9,11-13H2,1H3,(H2,20,26)(H,21,23);1H. The zero-order valence-electron chi connectivity index (χ0n) is 15.5. The number of carbonyl (C=O) groups excluding carboxylic acids is 1. The van der Waals surface area contributed by atoms with E-state index in [1.807, 2.05) is 22.9 Å². The highest BCUT2D eigenvalue weighted by Gasteiger charge is 2.23. The van der Waals surface area contributed by atoms with E-state index in [2.05, 4.69) is 32.3 Å². The molecule has 1 aliphatic rings. The SMILES string of the molecule is CN=C(NCc1ccccc1-n1ccnc1)N1CCCC(CC(N)=O)C1.I. The van der Waals surface area contributed by atoms with E-state index >= 15 is 0 Å². The number of carbonyl (C=O) groups is 1. The summed E-state index contributed by atoms with van der Waals surface area (Å²) in [4.78, 5) is 22.0. The van der Waals surface area contributed by atoms with Crippen molar-refractivity contribution in [2.75, 3.05) is 20.1 Å². The molecular formula is C19H27IN6O. The van der Waals surface area contributed by atoms with Gasteiger partial charge in [-0.25, -0.2) is 4.98 Å². The number of aromatic nitrogens is 2. The number of primary amides is 1. The lowest BCUT2D eigenvalue weighted by Gasteiger charge is -2.34. The van der Waals surface area contributed by atoms with Gasteiger partial charge < -0.3 is 20.5 Å². The summed E-state index contributed by atoms with van der Waals surface area (Å²) >= 11 is 0. The summed E-state index contributed by atoms with van der Waals surface area (Å²) in [5.41, 5.74) is 7.62. The molecule has 1 atom stereocenters. The van der Waals surface area contributed by atoms with Crippen LogP contribution in [0.3, 0.4) is 0 Å². The molecule has 0 spiro atoms. The predicted molar refractivity (Wildman–Crippen MR) is 117 cm³/mol. The van der Waals surface area contributed by atoms with Gasteiger partial charge in [0.15, 0.2) is 5.96 Å². The number of hydrogen-bond acceptors (Lipinski definition) is 3. The molecule has 1 aliphatic heterocycles. The topological polar surface area (TPSA) is 88.5 Å². The number of halogens is 1. The van der Waals surface area contributed by atoms with E-state index in [-0.39, 0.29) is 29.9 Å². The predicted octanol–water partition coefficient (Wildman–Crippen LogP) is 2.15. The van der Waals surface area contributed by atoms with Crippen LogP contribution in [0.1, 0.15) is 24.8 Å². The lowest BCUT2D eigenvalue weighted by molar-refractivity contribution is -0.119. The Morgan fingerprint density at radius 2 is 2.22 bits per heavy atom. The first-order valence-electron chi connectivity index (χ1n) is 8.97. The van der Waals surface area contributed by atoms with Crippen molar-refractivity contribution in [1.29, 1.82) is 0 Å². The van der Waals surface area contributed by atoms with Gasteiger partial charge in [-0.1, -0.05) is 18.2 Å². The summed E-state index contributed by atoms with van der Waals surface area (Å²) in [5.74, 6) is 0.937. The van der Waals surface area contributed by atoms with E-state index in [1.54, 1.807) is 19.6 Å². The lowest BCUT2D eigenvalue weighted by Crippen LogP contribution is -2.47. The second-order valence-corrected chi connectivity index (χ2v) is 6.62. The monoisotopic (exact) mass is 482 g/mol. The molecule has 8 heteroatoms. The van der Waals surface area contributed by atoms with E-state index in [0.717, 1.165) is 43.1 Å². The van der Waals surface area contributed by atoms with Gasteiger partial charge >= 0.3 is 0 Å². The maximum atomic E-state index is 11.2. The van der Waals surface area contributed by atoms with E-state index < -0.39 is 0 Å². The summed E-state index contributed by atoms with van der Waals surface area (Å²) < 4.78 is 2.00. The number of rotatable bonds is 5. The number of para-hydroxylation sites is 1. The van der Waals surface area contributed by atoms with Crippen molar-refractivity contribution in [2.24, 2.45) is 16.6 Å². The van der Waals surface area contributed by atoms with Crippen LogP contribution >= 0.6 is 24.0 Å². The van der Waals surface area contributed by atoms with Crippen LogP contribution in [0.2, 0.25) is 0 Å². The van der Waals surface area contributed by atoms with Gasteiger partial charge in [-0.05, 0) is 30.4 Å². The molecule has 27 heavy (non-hydrogen) atoms. The maximum Gasteiger partial charge on any atom is 0.217 e. The number of nitrogens with two attached hydrogens (primary N) is 1. The second-order valence-electron chi connectivity index (χ2n) is 6.62. The Morgan fingerprint density at radius 3 is 2.93 bits per heavy atom. The Kier molecular flexibility index (Phi) is 8.08. The highest BCUT2D eigenvalue weighted by atomic mass is 127. The molecule has 7 nitrogen and oxygen atoms in total. The number of guanidine groups is 1. The number of benzene rings is 1. The quantitative estimate of drug-likeness (QED) is 0.389. The third-order valence-corrected chi connectivity index (χ3v) is 4.73. The largest absolute Gasteiger partial charge is 0.370 e. The Morgan fingerprint density at radius 1 is 1.41 bits per heavy atom. The smallest absolute Gasteiger partial charge is 0.217 e. The first-order valence-corrected chi connectivity index (χ1v) is 8.97. The number of nitrogens with zero attached hydrogens (tertiary/aromatic N) is 4. The summed E-state index contributed by atoms with van der Waals surface area (Å²) in [7, 11) is 1.79. The zero-order valence-corrected chi connectivity index (χ0v) is 17.9. The molecule has 1 saturated heterocycles. The first-order chi connectivity index (χ1) is 12.7. The summed E-state index contributed by atoms with van der Waals surface area (Å²) in [6.45, 7) is 2.42. The maximum absolute atomic E-state index is 11.2. The van der Waals surface area contributed by atoms with E-state index in [4.69, 9.17) is 5.73 Å². The van der Waals surface area contributed by atoms with Gasteiger partial charge in [-0.2, -0.15) is 0 Å². The van der Waals surface area contributed by atoms with Gasteiger partial charge in [-0.3, -0.25) is 9.79 Å². The van der Waals surface area contributed by atoms with Gasteiger partial charge in [0.1, 0.15) is 0 Å². The average molecular weight is 482 g/mol. The number of likely N-dealkylation sites (tertiary alicyclic amines) is 1. The highest BCUT2D eigenvalue weighted by molar-refractivity contribution is 14.0. The number of hydrogen-bond donors (Lipinski definition) is 2. The van der Waals surface area contributed by atoms with E-state index in [9.17, 15) is 4.79 Å². The van der Waals surface area contributed by atoms with Crippen LogP contribution in [-0.4, -0.2) is 46.5 Å². The molecule has 0 saturated carbocycles. The summed E-state index contributed by atoms with van der Waals surface area (Å²) in [6.07, 6.45) is 8.04. The number of nitrogens with one attached hydrogen (secondary N) is 1. The molecule has 0 aliphatic carbocycles. The minimum Gasteiger partial charge on any atom is -0.370 e. The Labute approximate surface area is 177 Å². The summed E-state index contributed by atoms with van der Waals surface area (Å²) in [5, 5.41) is 3.46. The Balaban J connectivity index is 0.00000261. The van der Waals surface area contributed by atoms with Crippen LogP contribution < -0.4 is 11.1 Å². The van der Waals surface area contributed by atoms with Crippen LogP contribution in [0.4, 0.5) is 0 Å². The van der Waals surface area contributed by atoms with Gasteiger partial charge in [-0.15, -0.1) is 24.0 Å². The number of amides is 1. The van der Waals surface area contributed by atoms with Crippen LogP contribution in [-0.2, 0) is 11.3 Å². The van der Waals surface area contributed by atoms with Gasteiger partial charge in [0.05, 0.1) is 12.0 Å². The van der Waals surface area contributed by atoms with Crippen LogP contribution in [0, 0.1) is 5.92 Å². The molecule has 3 rings (SSSR count). The van der Waals surface area contributed by atoms with Gasteiger partial charge in [0.2, 0.25) is 5.91 Å². The molecule has 146 valence electrons. The fourth-order valence-electron chi connectivity index (χ4n) is 3.53. The minimum atomic E-state index is -0.228. The van der Waals surface area contributed by atoms with Gasteiger partial charge in [0.25, 0.3) is 0 Å². The first kappa shape index (κ1) is 21.2. The molecule has 2 aromatic rings. The molecule has 1 fully saturated rings. The van der Waals surface area contributed by atoms with E-state index in [0.29, 0.717) is 18.9 Å². The number of piperidine rings is 1. The Bertz CT molecular complexity index is 761. The molecule has 0 radical (unpaired) electrons. The fourth-order valence-corrected chi connectivity index (χ4v) is 3.53. The lowest BCUT2D eigenvalue weighted by atomic mass is 9.95. The minimum absolute atomic E-state index is 0. The molecular weight excluding hydrogens is 455 g/mol. The molecule has 2 heterocycles. The normalized spacial score (nSPS) is 17.3. The van der Waals surface area contributed by atoms with Crippen LogP contribution in [0.15, 0.2) is 48.0 Å². The van der Waals surface area contributed by atoms with Crippen molar-refractivity contribution in [3.63, 3.8) is 0 Å². The average Bonchev–Trinajstić information content (AvgIpc) is 3.17. The zero-order chi connectivity index (χ0) is 18.4. The number of imidazole rings is 1. The fraction of sp³-hybridized carbons (Fsp3) is 0.421. The summed E-state index contributed by atoms with van der Waals surface area (Å²) in [6, 6.07) is 8.23. The molecule has 1 aromatic heterocycles. The highest BCUT2D eigenvalue weighted by Crippen LogP contribution is 2.20. The van der Waals surface area contributed by atoms with Crippen molar-refractivity contribution in [3.8, 4) is 5.69 Å². The van der Waals surface area contributed by atoms with Crippen molar-refractivity contribution in [1.82, 2.24) is 19.8 Å². The van der Waals surface area contributed by atoms with Crippen molar-refractivity contribution in [2.45, 2.75) is 25.8 Å². The number of aliphatic imine (C=N–C) groups is 1. The van der Waals surface area contributed by atoms with Crippen LogP contribution in [0.25, 0.3) is 5.69 Å². The van der Waals surface area contributed by atoms with Crippen molar-refractivity contribution in [3.05, 3.63) is 48.5 Å². The molecule has 0 bridgehead atoms. The molecule has 3 N–H and O–H groups in total. The second kappa shape index (κ2) is 10.3. The van der Waals surface area contributed by atoms with Crippen molar-refractivity contribution < 1.29 is 4.79 Å². The van der Waals surface area contributed by atoms with Crippen molar-refractivity contribution >= 4 is 35.8 Å². The third-order valence-electron chi connectivity index (χ3n) is 4.73. The Hall–Kier alpha value is -2.10. The molecule has 1 unspecified atom stereocenters.